The Kier molecular flexibility index (Phi) is 8.20. The van der Waals surface area contributed by atoms with E-state index in [4.69, 9.17) is 25.2 Å². The van der Waals surface area contributed by atoms with Crippen LogP contribution in [-0.2, 0) is 20.9 Å². The van der Waals surface area contributed by atoms with E-state index in [-0.39, 0.29) is 0 Å². The van der Waals surface area contributed by atoms with Gasteiger partial charge in [0.1, 0.15) is 0 Å². The van der Waals surface area contributed by atoms with E-state index >= 15 is 0 Å². The number of benzene rings is 1. The van der Waals surface area contributed by atoms with Crippen molar-refractivity contribution in [2.24, 2.45) is 0 Å². The molecule has 1 heterocycles. The maximum atomic E-state index is 9.77. The highest BCUT2D eigenvalue weighted by Gasteiger charge is 2.29. The molecule has 1 saturated heterocycles. The third-order valence-electron chi connectivity index (χ3n) is 3.15. The highest BCUT2D eigenvalue weighted by atomic mass is 16.5. The fourth-order valence-corrected chi connectivity index (χ4v) is 1.83. The lowest BCUT2D eigenvalue weighted by Crippen LogP contribution is -2.39. The lowest BCUT2D eigenvalue weighted by Gasteiger charge is -2.09. The molecule has 0 aromatic heterocycles. The molecular formula is C15H21NO7. The van der Waals surface area contributed by atoms with Gasteiger partial charge in [0.2, 0.25) is 0 Å². The normalized spacial score (nSPS) is 19.3. The largest absolute Gasteiger partial charge is 0.479 e. The molecule has 1 fully saturated rings. The van der Waals surface area contributed by atoms with Gasteiger partial charge in [0.25, 0.3) is 0 Å². The van der Waals surface area contributed by atoms with Crippen LogP contribution in [0.3, 0.4) is 0 Å². The van der Waals surface area contributed by atoms with Crippen LogP contribution in [0.2, 0.25) is 0 Å². The lowest BCUT2D eigenvalue weighted by molar-refractivity contribution is -0.165. The Labute approximate surface area is 133 Å². The van der Waals surface area contributed by atoms with Gasteiger partial charge in [0, 0.05) is 6.54 Å². The molecule has 128 valence electrons. The van der Waals surface area contributed by atoms with Crippen molar-refractivity contribution in [3.63, 3.8) is 0 Å². The highest BCUT2D eigenvalue weighted by Crippen LogP contribution is 2.07. The second-order valence-corrected chi connectivity index (χ2v) is 4.98. The van der Waals surface area contributed by atoms with Crippen molar-refractivity contribution < 1.29 is 34.8 Å². The average molecular weight is 327 g/mol. The zero-order valence-corrected chi connectivity index (χ0v) is 12.5. The number of carboxylic acid groups (broad SMARTS) is 2. The quantitative estimate of drug-likeness (QED) is 0.469. The smallest absolute Gasteiger partial charge is 0.335 e. The summed E-state index contributed by atoms with van der Waals surface area (Å²) in [6, 6.07) is 10.3. The van der Waals surface area contributed by atoms with E-state index in [9.17, 15) is 9.59 Å². The van der Waals surface area contributed by atoms with Gasteiger partial charge in [-0.15, -0.1) is 0 Å². The number of hydrogen-bond acceptors (Lipinski definition) is 6. The number of aliphatic hydroxyl groups is 2. The van der Waals surface area contributed by atoms with E-state index in [2.05, 4.69) is 17.4 Å². The van der Waals surface area contributed by atoms with Crippen LogP contribution < -0.4 is 5.32 Å². The molecule has 0 unspecified atom stereocenters. The van der Waals surface area contributed by atoms with Crippen LogP contribution in [-0.4, -0.2) is 63.8 Å². The van der Waals surface area contributed by atoms with E-state index in [1.54, 1.807) is 0 Å². The number of ether oxygens (including phenoxy) is 1. The van der Waals surface area contributed by atoms with Crippen LogP contribution in [0.25, 0.3) is 0 Å². The maximum Gasteiger partial charge on any atom is 0.335 e. The summed E-state index contributed by atoms with van der Waals surface area (Å²) >= 11 is 0. The molecule has 8 nitrogen and oxygen atoms in total. The Morgan fingerprint density at radius 3 is 2.13 bits per heavy atom. The summed E-state index contributed by atoms with van der Waals surface area (Å²) in [7, 11) is 0. The molecule has 0 radical (unpaired) electrons. The van der Waals surface area contributed by atoms with Gasteiger partial charge in [0.05, 0.1) is 12.7 Å². The minimum atomic E-state index is -2.27. The second kappa shape index (κ2) is 9.90. The fourth-order valence-electron chi connectivity index (χ4n) is 1.83. The van der Waals surface area contributed by atoms with Crippen LogP contribution in [0.15, 0.2) is 30.3 Å². The monoisotopic (exact) mass is 327 g/mol. The number of carboxylic acids is 2. The first kappa shape index (κ1) is 19.0. The van der Waals surface area contributed by atoms with E-state index in [1.165, 1.54) is 5.56 Å². The summed E-state index contributed by atoms with van der Waals surface area (Å²) < 4.78 is 5.73. The van der Waals surface area contributed by atoms with Gasteiger partial charge >= 0.3 is 11.9 Å². The molecule has 1 aliphatic rings. The molecule has 0 spiro atoms. The molecule has 5 N–H and O–H groups in total. The first-order valence-electron chi connectivity index (χ1n) is 7.09. The zero-order valence-electron chi connectivity index (χ0n) is 12.5. The number of aliphatic carboxylic acids is 2. The Bertz CT molecular complexity index is 470. The van der Waals surface area contributed by atoms with Crippen LogP contribution in [0.1, 0.15) is 12.0 Å². The van der Waals surface area contributed by atoms with Gasteiger partial charge in [-0.3, -0.25) is 0 Å². The zero-order chi connectivity index (χ0) is 17.2. The third kappa shape index (κ3) is 7.20. The standard InChI is InChI=1S/C11H15NO.C4H6O6/c1-2-4-10(5-3-1)9-13-11-6-7-12-8-11;5-1(3(7)8)2(6)4(9)10/h1-5,11-12H,6-9H2;1-2,5-6H,(H,7,8)(H,9,10)/t11-;1-,2-/m10/s1. The average Bonchev–Trinajstić information content (AvgIpc) is 3.06. The minimum Gasteiger partial charge on any atom is -0.479 e. The molecule has 2 rings (SSSR count). The topological polar surface area (TPSA) is 136 Å². The van der Waals surface area contributed by atoms with Crippen molar-refractivity contribution in [1.29, 1.82) is 0 Å². The van der Waals surface area contributed by atoms with E-state index in [0.29, 0.717) is 6.10 Å². The van der Waals surface area contributed by atoms with Crippen LogP contribution >= 0.6 is 0 Å². The summed E-state index contributed by atoms with van der Waals surface area (Å²) in [4.78, 5) is 19.5. The van der Waals surface area contributed by atoms with Gasteiger partial charge in [0.15, 0.2) is 12.2 Å². The number of nitrogens with one attached hydrogen (secondary N) is 1. The van der Waals surface area contributed by atoms with Crippen molar-refractivity contribution in [2.75, 3.05) is 13.1 Å². The van der Waals surface area contributed by atoms with Gasteiger partial charge in [-0.1, -0.05) is 30.3 Å². The van der Waals surface area contributed by atoms with Crippen molar-refractivity contribution in [2.45, 2.75) is 31.3 Å². The Balaban J connectivity index is 0.000000241. The van der Waals surface area contributed by atoms with Gasteiger partial charge in [-0.25, -0.2) is 9.59 Å². The molecule has 23 heavy (non-hydrogen) atoms. The first-order chi connectivity index (χ1) is 10.9. The SMILES string of the molecule is O=C(O)[C@@H](O)[C@H](O)C(=O)O.c1ccc(CO[C@@H]2CCNC2)cc1. The molecule has 1 aromatic rings. The number of hydrogen-bond donors (Lipinski definition) is 5. The molecule has 1 aliphatic heterocycles. The van der Waals surface area contributed by atoms with Crippen LogP contribution in [0, 0.1) is 0 Å². The lowest BCUT2D eigenvalue weighted by atomic mass is 10.2. The summed E-state index contributed by atoms with van der Waals surface area (Å²) in [6.45, 7) is 2.85. The van der Waals surface area contributed by atoms with E-state index < -0.39 is 24.1 Å². The van der Waals surface area contributed by atoms with Gasteiger partial charge in [-0.2, -0.15) is 0 Å². The predicted octanol–water partition coefficient (Wildman–Crippen LogP) is -0.557. The molecule has 0 saturated carbocycles. The van der Waals surface area contributed by atoms with Gasteiger partial charge in [-0.05, 0) is 18.5 Å². The second-order valence-electron chi connectivity index (χ2n) is 4.98. The third-order valence-corrected chi connectivity index (χ3v) is 3.15. The van der Waals surface area contributed by atoms with E-state index in [0.717, 1.165) is 26.1 Å². The first-order valence-corrected chi connectivity index (χ1v) is 7.09. The van der Waals surface area contributed by atoms with Crippen LogP contribution in [0.4, 0.5) is 0 Å². The van der Waals surface area contributed by atoms with E-state index in [1.807, 2.05) is 18.2 Å². The fraction of sp³-hybridized carbons (Fsp3) is 0.467. The molecular weight excluding hydrogens is 306 g/mol. The summed E-state index contributed by atoms with van der Waals surface area (Å²) in [5, 5.41) is 35.8. The number of aliphatic hydroxyl groups excluding tert-OH is 2. The highest BCUT2D eigenvalue weighted by molar-refractivity contribution is 5.83. The Hall–Kier alpha value is -2.00. The van der Waals surface area contributed by atoms with Gasteiger partial charge < -0.3 is 30.5 Å². The van der Waals surface area contributed by atoms with Crippen molar-refractivity contribution in [3.8, 4) is 0 Å². The maximum absolute atomic E-state index is 9.77. The van der Waals surface area contributed by atoms with Crippen molar-refractivity contribution in [3.05, 3.63) is 35.9 Å². The molecule has 0 aliphatic carbocycles. The number of carbonyl (C=O) groups is 2. The van der Waals surface area contributed by atoms with Crippen molar-refractivity contribution in [1.82, 2.24) is 5.32 Å². The number of rotatable bonds is 6. The predicted molar refractivity (Wildman–Crippen MR) is 79.8 cm³/mol. The Morgan fingerprint density at radius 1 is 1.13 bits per heavy atom. The summed E-state index contributed by atoms with van der Waals surface area (Å²) in [5.74, 6) is -3.54. The summed E-state index contributed by atoms with van der Waals surface area (Å²) in [5.41, 5.74) is 1.26. The summed E-state index contributed by atoms with van der Waals surface area (Å²) in [6.07, 6.45) is -2.97. The van der Waals surface area contributed by atoms with Crippen LogP contribution in [0.5, 0.6) is 0 Å². The Morgan fingerprint density at radius 2 is 1.70 bits per heavy atom. The molecule has 8 heteroatoms. The molecule has 0 amide bonds. The minimum absolute atomic E-state index is 0.417. The molecule has 1 aromatic carbocycles. The molecule has 0 bridgehead atoms. The van der Waals surface area contributed by atoms with Crippen molar-refractivity contribution >= 4 is 11.9 Å². The molecule has 3 atom stereocenters.